The van der Waals surface area contributed by atoms with Crippen molar-refractivity contribution in [3.8, 4) is 0 Å². The van der Waals surface area contributed by atoms with E-state index >= 15 is 0 Å². The number of piperazine rings is 1. The lowest BCUT2D eigenvalue weighted by Gasteiger charge is -2.34. The Labute approximate surface area is 157 Å². The lowest BCUT2D eigenvalue weighted by molar-refractivity contribution is -0.130. The van der Waals surface area contributed by atoms with Gasteiger partial charge in [-0.3, -0.25) is 9.59 Å². The van der Waals surface area contributed by atoms with Gasteiger partial charge in [-0.05, 0) is 24.1 Å². The number of benzene rings is 1. The normalized spacial score (nSPS) is 14.1. The van der Waals surface area contributed by atoms with Crippen LogP contribution >= 0.6 is 0 Å². The molecule has 1 N–H and O–H groups in total. The van der Waals surface area contributed by atoms with Gasteiger partial charge in [0, 0.05) is 45.8 Å². The molecule has 8 heteroatoms. The number of hydrogen-bond donors (Lipinski definition) is 1. The van der Waals surface area contributed by atoms with Gasteiger partial charge in [0.1, 0.15) is 11.5 Å². The molecule has 0 saturated carbocycles. The summed E-state index contributed by atoms with van der Waals surface area (Å²) < 4.78 is 13.6. The van der Waals surface area contributed by atoms with Crippen molar-refractivity contribution in [2.75, 3.05) is 38.0 Å². The Morgan fingerprint density at radius 3 is 2.52 bits per heavy atom. The third kappa shape index (κ3) is 4.78. The Morgan fingerprint density at radius 2 is 1.81 bits per heavy atom. The van der Waals surface area contributed by atoms with Crippen LogP contribution in [0.25, 0.3) is 0 Å². The summed E-state index contributed by atoms with van der Waals surface area (Å²) in [6, 6.07) is 8.18. The van der Waals surface area contributed by atoms with Crippen LogP contribution < -0.4 is 5.32 Å². The largest absolute Gasteiger partial charge is 0.354 e. The molecule has 0 bridgehead atoms. The summed E-state index contributed by atoms with van der Waals surface area (Å²) in [7, 11) is 0. The quantitative estimate of drug-likeness (QED) is 0.863. The van der Waals surface area contributed by atoms with Crippen molar-refractivity contribution < 1.29 is 14.0 Å². The SMILES string of the molecule is CC(=O)N1CCN(C(=O)c2ccnc(NCCc3ccccc3F)n2)CC1. The van der Waals surface area contributed by atoms with E-state index in [2.05, 4.69) is 15.3 Å². The van der Waals surface area contributed by atoms with E-state index in [9.17, 15) is 14.0 Å². The number of amides is 2. The highest BCUT2D eigenvalue weighted by Crippen LogP contribution is 2.10. The van der Waals surface area contributed by atoms with Gasteiger partial charge < -0.3 is 15.1 Å². The van der Waals surface area contributed by atoms with Gasteiger partial charge in [0.2, 0.25) is 11.9 Å². The number of nitrogens with one attached hydrogen (secondary N) is 1. The molecule has 0 radical (unpaired) electrons. The second kappa shape index (κ2) is 8.57. The van der Waals surface area contributed by atoms with Gasteiger partial charge in [-0.15, -0.1) is 0 Å². The van der Waals surface area contributed by atoms with Crippen molar-refractivity contribution in [3.63, 3.8) is 0 Å². The first-order chi connectivity index (χ1) is 13.0. The lowest BCUT2D eigenvalue weighted by atomic mass is 10.1. The predicted octanol–water partition coefficient (Wildman–Crippen LogP) is 1.57. The molecule has 7 nitrogen and oxygen atoms in total. The van der Waals surface area contributed by atoms with Gasteiger partial charge in [-0.25, -0.2) is 14.4 Å². The Morgan fingerprint density at radius 1 is 1.11 bits per heavy atom. The van der Waals surface area contributed by atoms with Crippen LogP contribution in [0.1, 0.15) is 23.0 Å². The predicted molar refractivity (Wildman–Crippen MR) is 98.8 cm³/mol. The second-order valence-corrected chi connectivity index (χ2v) is 6.33. The van der Waals surface area contributed by atoms with E-state index in [1.165, 1.54) is 19.2 Å². The molecule has 2 heterocycles. The highest BCUT2D eigenvalue weighted by Gasteiger charge is 2.24. The van der Waals surface area contributed by atoms with Crippen molar-refractivity contribution >= 4 is 17.8 Å². The van der Waals surface area contributed by atoms with E-state index in [1.54, 1.807) is 34.1 Å². The van der Waals surface area contributed by atoms with Crippen molar-refractivity contribution in [2.45, 2.75) is 13.3 Å². The molecule has 0 spiro atoms. The van der Waals surface area contributed by atoms with Gasteiger partial charge in [-0.2, -0.15) is 0 Å². The minimum Gasteiger partial charge on any atom is -0.354 e. The average molecular weight is 371 g/mol. The molecule has 2 amide bonds. The standard InChI is InChI=1S/C19H22FN5O2/c1-14(26)24-10-12-25(13-11-24)18(27)17-7-9-22-19(23-17)21-8-6-15-4-2-3-5-16(15)20/h2-5,7,9H,6,8,10-13H2,1H3,(H,21,22,23). The zero-order chi connectivity index (χ0) is 19.2. The summed E-state index contributed by atoms with van der Waals surface area (Å²) in [5.41, 5.74) is 0.912. The summed E-state index contributed by atoms with van der Waals surface area (Å²) in [4.78, 5) is 35.8. The summed E-state index contributed by atoms with van der Waals surface area (Å²) in [5.74, 6) is -0.0726. The molecular formula is C19H22FN5O2. The van der Waals surface area contributed by atoms with Crippen LogP contribution in [0.15, 0.2) is 36.5 Å². The zero-order valence-corrected chi connectivity index (χ0v) is 15.2. The fraction of sp³-hybridized carbons (Fsp3) is 0.368. The van der Waals surface area contributed by atoms with E-state index in [4.69, 9.17) is 0 Å². The molecular weight excluding hydrogens is 349 g/mol. The summed E-state index contributed by atoms with van der Waals surface area (Å²) in [6.45, 7) is 4.01. The maximum absolute atomic E-state index is 13.6. The summed E-state index contributed by atoms with van der Waals surface area (Å²) >= 11 is 0. The van der Waals surface area contributed by atoms with Gasteiger partial charge in [0.05, 0.1) is 0 Å². The molecule has 27 heavy (non-hydrogen) atoms. The summed E-state index contributed by atoms with van der Waals surface area (Å²) in [6.07, 6.45) is 2.01. The van der Waals surface area contributed by atoms with Gasteiger partial charge in [0.25, 0.3) is 5.91 Å². The molecule has 142 valence electrons. The molecule has 1 fully saturated rings. The number of nitrogens with zero attached hydrogens (tertiary/aromatic N) is 4. The number of halogens is 1. The number of carbonyl (C=O) groups is 2. The maximum atomic E-state index is 13.6. The molecule has 0 unspecified atom stereocenters. The van der Waals surface area contributed by atoms with Gasteiger partial charge >= 0.3 is 0 Å². The van der Waals surface area contributed by atoms with Gasteiger partial charge in [-0.1, -0.05) is 18.2 Å². The van der Waals surface area contributed by atoms with Crippen LogP contribution in [0.2, 0.25) is 0 Å². The fourth-order valence-electron chi connectivity index (χ4n) is 2.96. The summed E-state index contributed by atoms with van der Waals surface area (Å²) in [5, 5.41) is 3.03. The minimum atomic E-state index is -0.242. The molecule has 1 aromatic carbocycles. The van der Waals surface area contributed by atoms with E-state index in [0.717, 1.165) is 0 Å². The number of aromatic nitrogens is 2. The molecule has 1 saturated heterocycles. The van der Waals surface area contributed by atoms with Crippen LogP contribution in [0.5, 0.6) is 0 Å². The zero-order valence-electron chi connectivity index (χ0n) is 15.2. The van der Waals surface area contributed by atoms with E-state index in [1.807, 2.05) is 0 Å². The molecule has 2 aromatic rings. The van der Waals surface area contributed by atoms with E-state index < -0.39 is 0 Å². The van der Waals surface area contributed by atoms with Crippen molar-refractivity contribution in [1.29, 1.82) is 0 Å². The Bertz CT molecular complexity index is 821. The third-order valence-electron chi connectivity index (χ3n) is 4.52. The number of hydrogen-bond acceptors (Lipinski definition) is 5. The fourth-order valence-corrected chi connectivity index (χ4v) is 2.96. The molecule has 1 aromatic heterocycles. The van der Waals surface area contributed by atoms with Crippen LogP contribution in [0.4, 0.5) is 10.3 Å². The lowest BCUT2D eigenvalue weighted by Crippen LogP contribution is -2.50. The van der Waals surface area contributed by atoms with Crippen LogP contribution in [0, 0.1) is 5.82 Å². The Balaban J connectivity index is 1.56. The van der Waals surface area contributed by atoms with Crippen LogP contribution in [-0.2, 0) is 11.2 Å². The number of carbonyl (C=O) groups excluding carboxylic acids is 2. The molecule has 1 aliphatic heterocycles. The van der Waals surface area contributed by atoms with Gasteiger partial charge in [0.15, 0.2) is 0 Å². The monoisotopic (exact) mass is 371 g/mol. The minimum absolute atomic E-state index is 0.0190. The molecule has 1 aliphatic rings. The van der Waals surface area contributed by atoms with Crippen molar-refractivity contribution in [1.82, 2.24) is 19.8 Å². The molecule has 0 atom stereocenters. The van der Waals surface area contributed by atoms with E-state index in [-0.39, 0.29) is 17.6 Å². The third-order valence-corrected chi connectivity index (χ3v) is 4.52. The first-order valence-electron chi connectivity index (χ1n) is 8.89. The smallest absolute Gasteiger partial charge is 0.272 e. The highest BCUT2D eigenvalue weighted by molar-refractivity contribution is 5.92. The van der Waals surface area contributed by atoms with Crippen molar-refractivity contribution in [3.05, 3.63) is 53.6 Å². The Kier molecular flexibility index (Phi) is 5.95. The first-order valence-corrected chi connectivity index (χ1v) is 8.89. The highest BCUT2D eigenvalue weighted by atomic mass is 19.1. The Hall–Kier alpha value is -3.03. The number of rotatable bonds is 5. The molecule has 3 rings (SSSR count). The van der Waals surface area contributed by atoms with Crippen molar-refractivity contribution in [2.24, 2.45) is 0 Å². The number of anilines is 1. The maximum Gasteiger partial charge on any atom is 0.272 e. The van der Waals surface area contributed by atoms with Crippen LogP contribution in [0.3, 0.4) is 0 Å². The molecule has 0 aliphatic carbocycles. The van der Waals surface area contributed by atoms with Crippen LogP contribution in [-0.4, -0.2) is 64.3 Å². The first kappa shape index (κ1) is 18.8. The topological polar surface area (TPSA) is 78.4 Å². The average Bonchev–Trinajstić information content (AvgIpc) is 2.69. The van der Waals surface area contributed by atoms with E-state index in [0.29, 0.717) is 56.4 Å². The second-order valence-electron chi connectivity index (χ2n) is 6.33.